The van der Waals surface area contributed by atoms with Crippen LogP contribution in [0.1, 0.15) is 35.7 Å². The standard InChI is InChI=1S/C21H18BrNO3S2/c1-2-3-12-26-20(25)15-6-10-17(11-7-15)23-19(24)18(28-21(23)27)13-14-4-8-16(22)9-5-14/h4-11,13H,2-3,12H2,1H3/b18-13-. The van der Waals surface area contributed by atoms with E-state index in [0.29, 0.717) is 27.1 Å². The first-order chi connectivity index (χ1) is 13.5. The number of benzene rings is 2. The lowest BCUT2D eigenvalue weighted by atomic mass is 10.2. The van der Waals surface area contributed by atoms with Crippen LogP contribution in [0.3, 0.4) is 0 Å². The van der Waals surface area contributed by atoms with Gasteiger partial charge in [-0.1, -0.05) is 65.4 Å². The zero-order chi connectivity index (χ0) is 20.1. The Morgan fingerprint density at radius 3 is 2.50 bits per heavy atom. The van der Waals surface area contributed by atoms with Crippen LogP contribution in [0.25, 0.3) is 6.08 Å². The first-order valence-electron chi connectivity index (χ1n) is 8.80. The first-order valence-corrected chi connectivity index (χ1v) is 10.8. The lowest BCUT2D eigenvalue weighted by Gasteiger charge is -2.14. The highest BCUT2D eigenvalue weighted by molar-refractivity contribution is 9.10. The Labute approximate surface area is 182 Å². The van der Waals surface area contributed by atoms with Crippen molar-refractivity contribution in [2.24, 2.45) is 0 Å². The van der Waals surface area contributed by atoms with E-state index < -0.39 is 0 Å². The van der Waals surface area contributed by atoms with E-state index in [1.807, 2.05) is 37.3 Å². The van der Waals surface area contributed by atoms with Crippen LogP contribution in [0.15, 0.2) is 57.9 Å². The van der Waals surface area contributed by atoms with Crippen LogP contribution >= 0.6 is 39.9 Å². The number of rotatable bonds is 6. The highest BCUT2D eigenvalue weighted by Gasteiger charge is 2.33. The lowest BCUT2D eigenvalue weighted by molar-refractivity contribution is -0.113. The van der Waals surface area contributed by atoms with Crippen LogP contribution < -0.4 is 4.90 Å². The van der Waals surface area contributed by atoms with Crippen molar-refractivity contribution in [3.63, 3.8) is 0 Å². The molecule has 1 amide bonds. The van der Waals surface area contributed by atoms with Gasteiger partial charge in [-0.25, -0.2) is 4.79 Å². The van der Waals surface area contributed by atoms with E-state index in [-0.39, 0.29) is 11.9 Å². The van der Waals surface area contributed by atoms with Gasteiger partial charge in [0, 0.05) is 4.47 Å². The number of nitrogens with zero attached hydrogens (tertiary/aromatic N) is 1. The summed E-state index contributed by atoms with van der Waals surface area (Å²) in [5.74, 6) is -0.531. The summed E-state index contributed by atoms with van der Waals surface area (Å²) in [5, 5.41) is 0. The Balaban J connectivity index is 1.74. The van der Waals surface area contributed by atoms with E-state index >= 15 is 0 Å². The van der Waals surface area contributed by atoms with Crippen molar-refractivity contribution in [3.8, 4) is 0 Å². The third-order valence-corrected chi connectivity index (χ3v) is 5.88. The number of hydrogen-bond donors (Lipinski definition) is 0. The second-order valence-corrected chi connectivity index (χ2v) is 8.70. The molecule has 0 aromatic heterocycles. The van der Waals surface area contributed by atoms with Crippen LogP contribution in [0.4, 0.5) is 5.69 Å². The van der Waals surface area contributed by atoms with Crippen molar-refractivity contribution in [1.29, 1.82) is 0 Å². The van der Waals surface area contributed by atoms with E-state index in [2.05, 4.69) is 15.9 Å². The summed E-state index contributed by atoms with van der Waals surface area (Å²) in [6, 6.07) is 14.4. The molecule has 1 heterocycles. The normalized spacial score (nSPS) is 15.4. The van der Waals surface area contributed by atoms with Crippen molar-refractivity contribution in [3.05, 3.63) is 69.0 Å². The van der Waals surface area contributed by atoms with Gasteiger partial charge >= 0.3 is 5.97 Å². The van der Waals surface area contributed by atoms with Gasteiger partial charge in [-0.2, -0.15) is 0 Å². The number of halogens is 1. The van der Waals surface area contributed by atoms with Gasteiger partial charge in [-0.05, 0) is 54.5 Å². The number of esters is 1. The summed E-state index contributed by atoms with van der Waals surface area (Å²) in [6.45, 7) is 2.45. The topological polar surface area (TPSA) is 46.6 Å². The number of carbonyl (C=O) groups excluding carboxylic acids is 2. The zero-order valence-corrected chi connectivity index (χ0v) is 18.4. The van der Waals surface area contributed by atoms with Gasteiger partial charge in [0.1, 0.15) is 0 Å². The Morgan fingerprint density at radius 1 is 1.18 bits per heavy atom. The number of amides is 1. The SMILES string of the molecule is CCCCOC(=O)c1ccc(N2C(=O)/C(=C/c3ccc(Br)cc3)SC2=S)cc1. The molecule has 0 radical (unpaired) electrons. The van der Waals surface area contributed by atoms with Crippen LogP contribution in [0.2, 0.25) is 0 Å². The van der Waals surface area contributed by atoms with Gasteiger partial charge in [0.2, 0.25) is 0 Å². The summed E-state index contributed by atoms with van der Waals surface area (Å²) in [7, 11) is 0. The Kier molecular flexibility index (Phi) is 7.04. The Bertz CT molecular complexity index is 924. The van der Waals surface area contributed by atoms with Crippen LogP contribution in [-0.2, 0) is 9.53 Å². The molecule has 0 bridgehead atoms. The van der Waals surface area contributed by atoms with Crippen LogP contribution in [0.5, 0.6) is 0 Å². The number of thiocarbonyl (C=S) groups is 1. The number of anilines is 1. The summed E-state index contributed by atoms with van der Waals surface area (Å²) in [4.78, 5) is 26.9. The molecule has 2 aromatic rings. The van der Waals surface area contributed by atoms with Crippen molar-refractivity contribution in [2.75, 3.05) is 11.5 Å². The lowest BCUT2D eigenvalue weighted by Crippen LogP contribution is -2.27. The molecule has 0 saturated carbocycles. The molecule has 4 nitrogen and oxygen atoms in total. The van der Waals surface area contributed by atoms with Crippen LogP contribution in [0, 0.1) is 0 Å². The molecule has 1 saturated heterocycles. The highest BCUT2D eigenvalue weighted by Crippen LogP contribution is 2.36. The monoisotopic (exact) mass is 475 g/mol. The minimum Gasteiger partial charge on any atom is -0.462 e. The highest BCUT2D eigenvalue weighted by atomic mass is 79.9. The molecule has 0 N–H and O–H groups in total. The Hall–Kier alpha value is -1.96. The molecule has 1 aliphatic heterocycles. The fraction of sp³-hybridized carbons (Fsp3) is 0.190. The predicted molar refractivity (Wildman–Crippen MR) is 121 cm³/mol. The van der Waals surface area contributed by atoms with E-state index in [0.717, 1.165) is 22.9 Å². The smallest absolute Gasteiger partial charge is 0.338 e. The number of thioether (sulfide) groups is 1. The maximum atomic E-state index is 12.8. The second kappa shape index (κ2) is 9.49. The summed E-state index contributed by atoms with van der Waals surface area (Å²) in [6.07, 6.45) is 3.63. The number of ether oxygens (including phenoxy) is 1. The van der Waals surface area contributed by atoms with Crippen molar-refractivity contribution in [1.82, 2.24) is 0 Å². The molecular weight excluding hydrogens is 458 g/mol. The number of unbranched alkanes of at least 4 members (excludes halogenated alkanes) is 1. The van der Waals surface area contributed by atoms with Crippen LogP contribution in [-0.4, -0.2) is 22.8 Å². The minimum absolute atomic E-state index is 0.170. The van der Waals surface area contributed by atoms with Gasteiger partial charge in [-0.3, -0.25) is 9.69 Å². The molecule has 7 heteroatoms. The third kappa shape index (κ3) is 4.90. The molecule has 1 aliphatic rings. The molecule has 0 atom stereocenters. The average Bonchev–Trinajstić information content (AvgIpc) is 2.97. The van der Waals surface area contributed by atoms with Crippen molar-refractivity contribution >= 4 is 67.9 Å². The largest absolute Gasteiger partial charge is 0.462 e. The molecule has 1 fully saturated rings. The van der Waals surface area contributed by atoms with Crippen molar-refractivity contribution < 1.29 is 14.3 Å². The maximum Gasteiger partial charge on any atom is 0.338 e. The van der Waals surface area contributed by atoms with Gasteiger partial charge < -0.3 is 4.74 Å². The molecule has 3 rings (SSSR count). The van der Waals surface area contributed by atoms with Crippen molar-refractivity contribution in [2.45, 2.75) is 19.8 Å². The zero-order valence-electron chi connectivity index (χ0n) is 15.2. The fourth-order valence-corrected chi connectivity index (χ4v) is 4.10. The van der Waals surface area contributed by atoms with E-state index in [9.17, 15) is 9.59 Å². The molecule has 0 spiro atoms. The van der Waals surface area contributed by atoms with E-state index in [4.69, 9.17) is 17.0 Å². The van der Waals surface area contributed by atoms with Gasteiger partial charge in [0.25, 0.3) is 5.91 Å². The van der Waals surface area contributed by atoms with Gasteiger partial charge in [0.05, 0.1) is 22.8 Å². The molecular formula is C21H18BrNO3S2. The van der Waals surface area contributed by atoms with E-state index in [1.54, 1.807) is 24.3 Å². The molecule has 0 unspecified atom stereocenters. The first kappa shape index (κ1) is 20.8. The maximum absolute atomic E-state index is 12.8. The van der Waals surface area contributed by atoms with Gasteiger partial charge in [0.15, 0.2) is 4.32 Å². The van der Waals surface area contributed by atoms with Gasteiger partial charge in [-0.15, -0.1) is 0 Å². The summed E-state index contributed by atoms with van der Waals surface area (Å²) in [5.41, 5.74) is 2.01. The summed E-state index contributed by atoms with van der Waals surface area (Å²) >= 11 is 10.1. The predicted octanol–water partition coefficient (Wildman–Crippen LogP) is 5.81. The summed E-state index contributed by atoms with van der Waals surface area (Å²) < 4.78 is 6.65. The fourth-order valence-electron chi connectivity index (χ4n) is 2.54. The number of hydrogen-bond acceptors (Lipinski definition) is 5. The molecule has 0 aliphatic carbocycles. The molecule has 144 valence electrons. The molecule has 28 heavy (non-hydrogen) atoms. The minimum atomic E-state index is -0.361. The van der Waals surface area contributed by atoms with E-state index in [1.165, 1.54) is 16.7 Å². The Morgan fingerprint density at radius 2 is 1.86 bits per heavy atom. The average molecular weight is 476 g/mol. The molecule has 2 aromatic carbocycles. The quantitative estimate of drug-likeness (QED) is 0.228. The third-order valence-electron chi connectivity index (χ3n) is 4.05. The second-order valence-electron chi connectivity index (χ2n) is 6.11. The number of carbonyl (C=O) groups is 2.